The zero-order valence-corrected chi connectivity index (χ0v) is 12.6. The third kappa shape index (κ3) is 2.05. The van der Waals surface area contributed by atoms with Crippen LogP contribution in [0.2, 0.25) is 0 Å². The summed E-state index contributed by atoms with van der Waals surface area (Å²) in [6.45, 7) is 6.94. The zero-order valence-electron chi connectivity index (χ0n) is 12.6. The predicted molar refractivity (Wildman–Crippen MR) is 75.7 cm³/mol. The number of aryl methyl sites for hydroxylation is 2. The van der Waals surface area contributed by atoms with E-state index in [4.69, 9.17) is 4.74 Å². The van der Waals surface area contributed by atoms with E-state index in [2.05, 4.69) is 26.8 Å². The van der Waals surface area contributed by atoms with Crippen LogP contribution in [0.3, 0.4) is 0 Å². The van der Waals surface area contributed by atoms with E-state index < -0.39 is 0 Å². The Bertz CT molecular complexity index is 525. The SMILES string of the molecule is COc1c(C)c(C)cc(C)c1C1CN(C)C(=O)N1C. The standard InChI is InChI=1S/C15H22N2O2/c1-9-7-10(2)13(14(19-6)11(9)3)12-8-16(4)15(18)17(12)5/h7,12H,8H2,1-6H3. The van der Waals surface area contributed by atoms with Crippen LogP contribution in [0.25, 0.3) is 0 Å². The number of urea groups is 1. The van der Waals surface area contributed by atoms with Gasteiger partial charge in [0.05, 0.1) is 13.2 Å². The maximum absolute atomic E-state index is 12.0. The van der Waals surface area contributed by atoms with Gasteiger partial charge in [-0.15, -0.1) is 0 Å². The Balaban J connectivity index is 2.57. The van der Waals surface area contributed by atoms with E-state index in [9.17, 15) is 4.79 Å². The molecule has 0 aromatic heterocycles. The second-order valence-electron chi connectivity index (χ2n) is 5.37. The number of rotatable bonds is 2. The van der Waals surface area contributed by atoms with Crippen LogP contribution in [-0.4, -0.2) is 43.6 Å². The molecular formula is C15H22N2O2. The third-order valence-corrected chi connectivity index (χ3v) is 4.11. The van der Waals surface area contributed by atoms with Crippen LogP contribution in [0.4, 0.5) is 4.79 Å². The van der Waals surface area contributed by atoms with Crippen LogP contribution >= 0.6 is 0 Å². The highest BCUT2D eigenvalue weighted by molar-refractivity contribution is 5.77. The molecule has 1 heterocycles. The zero-order chi connectivity index (χ0) is 14.3. The molecule has 4 heteroatoms. The van der Waals surface area contributed by atoms with Crippen LogP contribution in [0.1, 0.15) is 28.3 Å². The summed E-state index contributed by atoms with van der Waals surface area (Å²) < 4.78 is 5.61. The van der Waals surface area contributed by atoms with Gasteiger partial charge in [-0.3, -0.25) is 0 Å². The summed E-state index contributed by atoms with van der Waals surface area (Å²) in [5, 5.41) is 0. The molecule has 19 heavy (non-hydrogen) atoms. The molecular weight excluding hydrogens is 240 g/mol. The highest BCUT2D eigenvalue weighted by Gasteiger charge is 2.36. The van der Waals surface area contributed by atoms with Crippen molar-refractivity contribution in [3.8, 4) is 5.75 Å². The van der Waals surface area contributed by atoms with Crippen LogP contribution in [0, 0.1) is 20.8 Å². The van der Waals surface area contributed by atoms with Crippen LogP contribution in [0.5, 0.6) is 5.75 Å². The molecule has 1 aromatic rings. The first-order chi connectivity index (χ1) is 8.88. The number of hydrogen-bond donors (Lipinski definition) is 0. The van der Waals surface area contributed by atoms with E-state index in [0.717, 1.165) is 16.9 Å². The van der Waals surface area contributed by atoms with Crippen molar-refractivity contribution < 1.29 is 9.53 Å². The Hall–Kier alpha value is -1.71. The van der Waals surface area contributed by atoms with Gasteiger partial charge >= 0.3 is 6.03 Å². The molecule has 1 fully saturated rings. The van der Waals surface area contributed by atoms with E-state index in [1.807, 2.05) is 14.1 Å². The highest BCUT2D eigenvalue weighted by Crippen LogP contribution is 2.38. The number of methoxy groups -OCH3 is 1. The van der Waals surface area contributed by atoms with Gasteiger partial charge in [0.15, 0.2) is 0 Å². The van der Waals surface area contributed by atoms with Crippen molar-refractivity contribution in [1.29, 1.82) is 0 Å². The Morgan fingerprint density at radius 1 is 1.21 bits per heavy atom. The van der Waals surface area contributed by atoms with Gasteiger partial charge in [0.25, 0.3) is 0 Å². The minimum atomic E-state index is 0.0599. The van der Waals surface area contributed by atoms with Crippen LogP contribution < -0.4 is 4.74 Å². The van der Waals surface area contributed by atoms with E-state index in [1.54, 1.807) is 16.9 Å². The summed E-state index contributed by atoms with van der Waals surface area (Å²) >= 11 is 0. The number of carbonyl (C=O) groups excluding carboxylic acids is 1. The van der Waals surface area contributed by atoms with Gasteiger partial charge in [-0.25, -0.2) is 4.79 Å². The normalized spacial score (nSPS) is 19.3. The maximum Gasteiger partial charge on any atom is 0.320 e. The maximum atomic E-state index is 12.0. The third-order valence-electron chi connectivity index (χ3n) is 4.11. The molecule has 0 N–H and O–H groups in total. The Labute approximate surface area is 115 Å². The molecule has 4 nitrogen and oxygen atoms in total. The minimum Gasteiger partial charge on any atom is -0.496 e. The van der Waals surface area contributed by atoms with Gasteiger partial charge in [-0.05, 0) is 37.5 Å². The second-order valence-corrected chi connectivity index (χ2v) is 5.37. The number of benzene rings is 1. The van der Waals surface area contributed by atoms with Gasteiger partial charge in [-0.1, -0.05) is 6.07 Å². The fourth-order valence-corrected chi connectivity index (χ4v) is 2.90. The summed E-state index contributed by atoms with van der Waals surface area (Å²) in [6, 6.07) is 2.29. The number of amides is 2. The highest BCUT2D eigenvalue weighted by atomic mass is 16.5. The molecule has 0 saturated carbocycles. The van der Waals surface area contributed by atoms with Gasteiger partial charge in [0.2, 0.25) is 0 Å². The molecule has 1 aromatic carbocycles. The molecule has 0 radical (unpaired) electrons. The number of likely N-dealkylation sites (N-methyl/N-ethyl adjacent to an activating group) is 2. The number of nitrogens with zero attached hydrogens (tertiary/aromatic N) is 2. The largest absolute Gasteiger partial charge is 0.496 e. The summed E-state index contributed by atoms with van der Waals surface area (Å²) in [4.78, 5) is 15.5. The molecule has 104 valence electrons. The van der Waals surface area contributed by atoms with E-state index in [1.165, 1.54) is 11.1 Å². The quantitative estimate of drug-likeness (QED) is 0.821. The molecule has 1 unspecified atom stereocenters. The lowest BCUT2D eigenvalue weighted by molar-refractivity contribution is 0.201. The molecule has 2 amide bonds. The number of ether oxygens (including phenoxy) is 1. The second kappa shape index (κ2) is 4.76. The van der Waals surface area contributed by atoms with Crippen molar-refractivity contribution in [3.63, 3.8) is 0 Å². The number of carbonyl (C=O) groups is 1. The summed E-state index contributed by atoms with van der Waals surface area (Å²) in [7, 11) is 5.39. The van der Waals surface area contributed by atoms with Crippen molar-refractivity contribution in [2.75, 3.05) is 27.7 Å². The van der Waals surface area contributed by atoms with Gasteiger partial charge in [0.1, 0.15) is 5.75 Å². The molecule has 1 aliphatic heterocycles. The monoisotopic (exact) mass is 262 g/mol. The average Bonchev–Trinajstić information content (AvgIpc) is 2.61. The molecule has 1 saturated heterocycles. The fourth-order valence-electron chi connectivity index (χ4n) is 2.90. The summed E-state index contributed by atoms with van der Waals surface area (Å²) in [5.74, 6) is 0.914. The first-order valence-corrected chi connectivity index (χ1v) is 6.51. The topological polar surface area (TPSA) is 32.8 Å². The lowest BCUT2D eigenvalue weighted by atomic mass is 9.94. The van der Waals surface area contributed by atoms with Crippen molar-refractivity contribution in [1.82, 2.24) is 9.80 Å². The lowest BCUT2D eigenvalue weighted by Crippen LogP contribution is -2.27. The molecule has 0 spiro atoms. The van der Waals surface area contributed by atoms with Gasteiger partial charge in [-0.2, -0.15) is 0 Å². The van der Waals surface area contributed by atoms with Crippen molar-refractivity contribution in [2.24, 2.45) is 0 Å². The summed E-state index contributed by atoms with van der Waals surface area (Å²) in [5.41, 5.74) is 4.68. The van der Waals surface area contributed by atoms with Crippen LogP contribution in [0.15, 0.2) is 6.07 Å². The van der Waals surface area contributed by atoms with E-state index >= 15 is 0 Å². The van der Waals surface area contributed by atoms with Crippen molar-refractivity contribution in [2.45, 2.75) is 26.8 Å². The molecule has 1 aliphatic rings. The van der Waals surface area contributed by atoms with Gasteiger partial charge < -0.3 is 14.5 Å². The molecule has 1 atom stereocenters. The first kappa shape index (κ1) is 13.7. The van der Waals surface area contributed by atoms with Gasteiger partial charge in [0, 0.05) is 26.2 Å². The average molecular weight is 262 g/mol. The lowest BCUT2D eigenvalue weighted by Gasteiger charge is -2.24. The number of hydrogen-bond acceptors (Lipinski definition) is 2. The smallest absolute Gasteiger partial charge is 0.320 e. The van der Waals surface area contributed by atoms with E-state index in [0.29, 0.717) is 6.54 Å². The Morgan fingerprint density at radius 3 is 2.32 bits per heavy atom. The van der Waals surface area contributed by atoms with Crippen molar-refractivity contribution in [3.05, 3.63) is 28.3 Å². The Kier molecular flexibility index (Phi) is 3.43. The Morgan fingerprint density at radius 2 is 1.84 bits per heavy atom. The predicted octanol–water partition coefficient (Wildman–Crippen LogP) is 2.66. The van der Waals surface area contributed by atoms with Crippen LogP contribution in [-0.2, 0) is 0 Å². The van der Waals surface area contributed by atoms with E-state index in [-0.39, 0.29) is 12.1 Å². The van der Waals surface area contributed by atoms with Crippen molar-refractivity contribution >= 4 is 6.03 Å². The first-order valence-electron chi connectivity index (χ1n) is 6.51. The fraction of sp³-hybridized carbons (Fsp3) is 0.533. The minimum absolute atomic E-state index is 0.0599. The molecule has 2 rings (SSSR count). The summed E-state index contributed by atoms with van der Waals surface area (Å²) in [6.07, 6.45) is 0. The molecule has 0 bridgehead atoms. The molecule has 0 aliphatic carbocycles.